The molecule has 0 heterocycles. The van der Waals surface area contributed by atoms with Gasteiger partial charge in [-0.3, -0.25) is 0 Å². The van der Waals surface area contributed by atoms with Gasteiger partial charge >= 0.3 is 0 Å². The molecule has 96 valence electrons. The first kappa shape index (κ1) is 13.8. The normalized spacial score (nSPS) is 10.4. The van der Waals surface area contributed by atoms with Gasteiger partial charge in [0.25, 0.3) is 0 Å². The average molecular weight is 236 g/mol. The van der Waals surface area contributed by atoms with Crippen molar-refractivity contribution < 1.29 is 4.74 Å². The van der Waals surface area contributed by atoms with E-state index in [4.69, 9.17) is 4.74 Å². The van der Waals surface area contributed by atoms with E-state index in [-0.39, 0.29) is 0 Å². The van der Waals surface area contributed by atoms with Gasteiger partial charge in [0.1, 0.15) is 5.75 Å². The lowest BCUT2D eigenvalue weighted by Crippen LogP contribution is -2.22. The van der Waals surface area contributed by atoms with Crippen LogP contribution in [0.1, 0.15) is 23.6 Å². The van der Waals surface area contributed by atoms with Gasteiger partial charge in [-0.2, -0.15) is 0 Å². The van der Waals surface area contributed by atoms with Crippen molar-refractivity contribution in [1.82, 2.24) is 5.32 Å². The van der Waals surface area contributed by atoms with Crippen LogP contribution in [0.15, 0.2) is 6.07 Å². The number of rotatable bonds is 6. The first-order valence-electron chi connectivity index (χ1n) is 6.21. The van der Waals surface area contributed by atoms with Gasteiger partial charge in [-0.25, -0.2) is 0 Å². The lowest BCUT2D eigenvalue weighted by molar-refractivity contribution is 0.412. The highest BCUT2D eigenvalue weighted by molar-refractivity contribution is 5.66. The molecule has 0 saturated heterocycles. The fourth-order valence-electron chi connectivity index (χ4n) is 1.98. The van der Waals surface area contributed by atoms with Crippen LogP contribution < -0.4 is 15.4 Å². The minimum atomic E-state index is 0.910. The average Bonchev–Trinajstić information content (AvgIpc) is 2.31. The molecule has 3 heteroatoms. The maximum atomic E-state index is 5.51. The topological polar surface area (TPSA) is 33.3 Å². The molecule has 1 rings (SSSR count). The van der Waals surface area contributed by atoms with Gasteiger partial charge in [0.15, 0.2) is 0 Å². The summed E-state index contributed by atoms with van der Waals surface area (Å²) < 4.78 is 5.51. The maximum absolute atomic E-state index is 5.51. The van der Waals surface area contributed by atoms with Gasteiger partial charge < -0.3 is 15.4 Å². The molecule has 1 aromatic carbocycles. The van der Waals surface area contributed by atoms with Crippen molar-refractivity contribution in [3.8, 4) is 5.75 Å². The Kier molecular flexibility index (Phi) is 5.29. The zero-order valence-electron chi connectivity index (χ0n) is 11.6. The van der Waals surface area contributed by atoms with E-state index in [0.29, 0.717) is 0 Å². The van der Waals surface area contributed by atoms with E-state index in [1.165, 1.54) is 16.7 Å². The van der Waals surface area contributed by atoms with Crippen LogP contribution in [0, 0.1) is 20.8 Å². The minimum absolute atomic E-state index is 0.910. The van der Waals surface area contributed by atoms with Crippen LogP contribution in [0.2, 0.25) is 0 Å². The molecule has 17 heavy (non-hydrogen) atoms. The fraction of sp³-hybridized carbons (Fsp3) is 0.571. The Morgan fingerprint density at radius 1 is 1.12 bits per heavy atom. The Bertz CT molecular complexity index is 375. The maximum Gasteiger partial charge on any atom is 0.145 e. The first-order chi connectivity index (χ1) is 8.11. The zero-order valence-corrected chi connectivity index (χ0v) is 11.6. The molecular weight excluding hydrogens is 212 g/mol. The quantitative estimate of drug-likeness (QED) is 0.745. The van der Waals surface area contributed by atoms with Gasteiger partial charge in [-0.05, 0) is 44.0 Å². The van der Waals surface area contributed by atoms with E-state index in [9.17, 15) is 0 Å². The van der Waals surface area contributed by atoms with Crippen LogP contribution in [0.25, 0.3) is 0 Å². The molecule has 0 bridgehead atoms. The highest BCUT2D eigenvalue weighted by Gasteiger charge is 2.11. The van der Waals surface area contributed by atoms with Gasteiger partial charge in [-0.1, -0.05) is 13.0 Å². The van der Waals surface area contributed by atoms with E-state index in [1.807, 2.05) is 0 Å². The summed E-state index contributed by atoms with van der Waals surface area (Å²) in [6.07, 6.45) is 0. The molecule has 2 N–H and O–H groups in total. The van der Waals surface area contributed by atoms with Crippen LogP contribution in [0.4, 0.5) is 5.69 Å². The van der Waals surface area contributed by atoms with E-state index in [0.717, 1.165) is 31.1 Å². The Labute approximate surface area is 105 Å². The lowest BCUT2D eigenvalue weighted by atomic mass is 10.0. The Hall–Kier alpha value is -1.22. The largest absolute Gasteiger partial charge is 0.494 e. The van der Waals surface area contributed by atoms with Crippen molar-refractivity contribution in [2.24, 2.45) is 0 Å². The van der Waals surface area contributed by atoms with Crippen molar-refractivity contribution >= 4 is 5.69 Å². The number of methoxy groups -OCH3 is 1. The third-order valence-corrected chi connectivity index (χ3v) is 3.04. The number of aryl methyl sites for hydroxylation is 2. The molecule has 1 aromatic rings. The van der Waals surface area contributed by atoms with Crippen molar-refractivity contribution in [3.05, 3.63) is 22.8 Å². The van der Waals surface area contributed by atoms with Crippen molar-refractivity contribution in [1.29, 1.82) is 0 Å². The predicted molar refractivity (Wildman–Crippen MR) is 74.2 cm³/mol. The molecule has 0 aliphatic carbocycles. The number of nitrogens with one attached hydrogen (secondary N) is 2. The molecule has 3 nitrogen and oxygen atoms in total. The zero-order chi connectivity index (χ0) is 12.8. The van der Waals surface area contributed by atoms with E-state index >= 15 is 0 Å². The molecule has 0 saturated carbocycles. The van der Waals surface area contributed by atoms with Gasteiger partial charge in [0.05, 0.1) is 12.8 Å². The number of benzene rings is 1. The highest BCUT2D eigenvalue weighted by Crippen LogP contribution is 2.33. The van der Waals surface area contributed by atoms with Crippen LogP contribution >= 0.6 is 0 Å². The summed E-state index contributed by atoms with van der Waals surface area (Å²) in [6.45, 7) is 11.3. The monoisotopic (exact) mass is 236 g/mol. The minimum Gasteiger partial charge on any atom is -0.494 e. The summed E-state index contributed by atoms with van der Waals surface area (Å²) in [7, 11) is 1.73. The Morgan fingerprint density at radius 3 is 2.41 bits per heavy atom. The number of anilines is 1. The molecule has 0 fully saturated rings. The van der Waals surface area contributed by atoms with Crippen molar-refractivity contribution in [3.63, 3.8) is 0 Å². The molecule has 0 aliphatic rings. The summed E-state index contributed by atoms with van der Waals surface area (Å²) in [6, 6.07) is 2.20. The SMILES string of the molecule is CCNCCNc1c(C)cc(C)c(C)c1OC. The van der Waals surface area contributed by atoms with Gasteiger partial charge in [0, 0.05) is 13.1 Å². The standard InChI is InChI=1S/C14H24N2O/c1-6-15-7-8-16-13-11(3)9-10(2)12(4)14(13)17-5/h9,15-16H,6-8H2,1-5H3. The molecule has 0 unspecified atom stereocenters. The third kappa shape index (κ3) is 3.37. The molecule has 0 spiro atoms. The second kappa shape index (κ2) is 6.50. The third-order valence-electron chi connectivity index (χ3n) is 3.04. The summed E-state index contributed by atoms with van der Waals surface area (Å²) in [4.78, 5) is 0. The second-order valence-corrected chi connectivity index (χ2v) is 4.32. The first-order valence-corrected chi connectivity index (χ1v) is 6.21. The van der Waals surface area contributed by atoms with E-state index < -0.39 is 0 Å². The van der Waals surface area contributed by atoms with Crippen molar-refractivity contribution in [2.75, 3.05) is 32.1 Å². The molecule has 0 radical (unpaired) electrons. The predicted octanol–water partition coefficient (Wildman–Crippen LogP) is 2.64. The van der Waals surface area contributed by atoms with Crippen LogP contribution in [-0.4, -0.2) is 26.7 Å². The molecule has 0 aliphatic heterocycles. The molecule has 0 amide bonds. The second-order valence-electron chi connectivity index (χ2n) is 4.32. The highest BCUT2D eigenvalue weighted by atomic mass is 16.5. The van der Waals surface area contributed by atoms with Gasteiger partial charge in [0.2, 0.25) is 0 Å². The molecular formula is C14H24N2O. The molecule has 0 aromatic heterocycles. The number of hydrogen-bond donors (Lipinski definition) is 2. The van der Waals surface area contributed by atoms with E-state index in [2.05, 4.69) is 44.4 Å². The summed E-state index contributed by atoms with van der Waals surface area (Å²) in [5.41, 5.74) is 4.84. The number of hydrogen-bond acceptors (Lipinski definition) is 3. The smallest absolute Gasteiger partial charge is 0.145 e. The fourth-order valence-corrected chi connectivity index (χ4v) is 1.98. The van der Waals surface area contributed by atoms with E-state index in [1.54, 1.807) is 7.11 Å². The Balaban J connectivity index is 2.86. The summed E-state index contributed by atoms with van der Waals surface area (Å²) >= 11 is 0. The summed E-state index contributed by atoms with van der Waals surface area (Å²) in [5, 5.41) is 6.75. The number of likely N-dealkylation sites (N-methyl/N-ethyl adjacent to an activating group) is 1. The summed E-state index contributed by atoms with van der Waals surface area (Å²) in [5.74, 6) is 0.971. The number of ether oxygens (including phenoxy) is 1. The van der Waals surface area contributed by atoms with Crippen LogP contribution in [-0.2, 0) is 0 Å². The van der Waals surface area contributed by atoms with Crippen molar-refractivity contribution in [2.45, 2.75) is 27.7 Å². The molecule has 0 atom stereocenters. The lowest BCUT2D eigenvalue weighted by Gasteiger charge is -2.18. The van der Waals surface area contributed by atoms with Crippen LogP contribution in [0.3, 0.4) is 0 Å². The van der Waals surface area contributed by atoms with Gasteiger partial charge in [-0.15, -0.1) is 0 Å². The Morgan fingerprint density at radius 2 is 1.82 bits per heavy atom. The van der Waals surface area contributed by atoms with Crippen LogP contribution in [0.5, 0.6) is 5.75 Å².